The van der Waals surface area contributed by atoms with Gasteiger partial charge in [-0.3, -0.25) is 14.8 Å². The molecule has 2 heterocycles. The first-order valence-electron chi connectivity index (χ1n) is 10.3. The highest BCUT2D eigenvalue weighted by Gasteiger charge is 2.22. The van der Waals surface area contributed by atoms with E-state index >= 15 is 0 Å². The first kappa shape index (κ1) is 19.5. The zero-order valence-corrected chi connectivity index (χ0v) is 17.2. The SMILES string of the molecule is O=C(CSc1n[nH]c(CC2CCCC2)n1)N1CCN(Cc2ccccc2)CC1. The quantitative estimate of drug-likeness (QED) is 0.725. The Labute approximate surface area is 171 Å². The van der Waals surface area contributed by atoms with Gasteiger partial charge >= 0.3 is 0 Å². The summed E-state index contributed by atoms with van der Waals surface area (Å²) in [5, 5.41) is 8.03. The van der Waals surface area contributed by atoms with E-state index in [4.69, 9.17) is 0 Å². The van der Waals surface area contributed by atoms with Crippen LogP contribution < -0.4 is 0 Å². The fraction of sp³-hybridized carbons (Fsp3) is 0.571. The van der Waals surface area contributed by atoms with Crippen LogP contribution in [0.25, 0.3) is 0 Å². The molecule has 2 aromatic rings. The molecule has 1 amide bonds. The molecule has 1 aliphatic carbocycles. The highest BCUT2D eigenvalue weighted by molar-refractivity contribution is 7.99. The zero-order chi connectivity index (χ0) is 19.2. The summed E-state index contributed by atoms with van der Waals surface area (Å²) >= 11 is 1.45. The summed E-state index contributed by atoms with van der Waals surface area (Å²) in [5.74, 6) is 2.32. The minimum absolute atomic E-state index is 0.187. The molecule has 1 aromatic carbocycles. The van der Waals surface area contributed by atoms with E-state index in [1.165, 1.54) is 43.0 Å². The Balaban J connectivity index is 1.18. The molecular weight excluding hydrogens is 370 g/mol. The van der Waals surface area contributed by atoms with E-state index in [1.54, 1.807) is 0 Å². The second-order valence-electron chi connectivity index (χ2n) is 7.85. The number of thioether (sulfide) groups is 1. The Kier molecular flexibility index (Phi) is 6.65. The highest BCUT2D eigenvalue weighted by atomic mass is 32.2. The van der Waals surface area contributed by atoms with Gasteiger partial charge in [-0.15, -0.1) is 5.10 Å². The van der Waals surface area contributed by atoms with Crippen LogP contribution in [0.2, 0.25) is 0 Å². The van der Waals surface area contributed by atoms with Gasteiger partial charge in [-0.1, -0.05) is 67.8 Å². The van der Waals surface area contributed by atoms with E-state index in [-0.39, 0.29) is 5.91 Å². The van der Waals surface area contributed by atoms with E-state index in [1.807, 2.05) is 11.0 Å². The molecule has 1 aliphatic heterocycles. The minimum atomic E-state index is 0.187. The molecule has 0 bridgehead atoms. The van der Waals surface area contributed by atoms with Crippen molar-refractivity contribution < 1.29 is 4.79 Å². The van der Waals surface area contributed by atoms with Crippen molar-refractivity contribution >= 4 is 17.7 Å². The van der Waals surface area contributed by atoms with Gasteiger partial charge in [-0.25, -0.2) is 4.98 Å². The Morgan fingerprint density at radius 2 is 1.86 bits per heavy atom. The molecule has 4 rings (SSSR count). The predicted molar refractivity (Wildman–Crippen MR) is 111 cm³/mol. The molecule has 7 heteroatoms. The van der Waals surface area contributed by atoms with Gasteiger partial charge in [0.1, 0.15) is 5.82 Å². The molecule has 28 heavy (non-hydrogen) atoms. The average Bonchev–Trinajstić information content (AvgIpc) is 3.40. The largest absolute Gasteiger partial charge is 0.339 e. The Bertz CT molecular complexity index is 751. The lowest BCUT2D eigenvalue weighted by Gasteiger charge is -2.34. The summed E-state index contributed by atoms with van der Waals surface area (Å²) in [6.45, 7) is 4.41. The van der Waals surface area contributed by atoms with Crippen LogP contribution in [0.5, 0.6) is 0 Å². The van der Waals surface area contributed by atoms with Gasteiger partial charge in [-0.05, 0) is 11.5 Å². The van der Waals surface area contributed by atoms with Gasteiger partial charge in [0.05, 0.1) is 5.75 Å². The van der Waals surface area contributed by atoms with Gasteiger partial charge in [0, 0.05) is 39.1 Å². The number of carbonyl (C=O) groups is 1. The number of H-pyrrole nitrogens is 1. The maximum Gasteiger partial charge on any atom is 0.233 e. The van der Waals surface area contributed by atoms with Crippen molar-refractivity contribution in [1.82, 2.24) is 25.0 Å². The highest BCUT2D eigenvalue weighted by Crippen LogP contribution is 2.27. The molecule has 0 spiro atoms. The molecule has 0 unspecified atom stereocenters. The lowest BCUT2D eigenvalue weighted by atomic mass is 10.0. The van der Waals surface area contributed by atoms with Crippen molar-refractivity contribution in [3.05, 3.63) is 41.7 Å². The molecule has 0 radical (unpaired) electrons. The Morgan fingerprint density at radius 1 is 1.11 bits per heavy atom. The number of aromatic nitrogens is 3. The standard InChI is InChI=1S/C21H29N5OS/c27-20(16-28-21-22-19(23-24-21)14-17-6-4-5-7-17)26-12-10-25(11-13-26)15-18-8-2-1-3-9-18/h1-3,8-9,17H,4-7,10-16H2,(H,22,23,24). The van der Waals surface area contributed by atoms with Crippen molar-refractivity contribution in [2.24, 2.45) is 5.92 Å². The summed E-state index contributed by atoms with van der Waals surface area (Å²) in [6, 6.07) is 10.5. The monoisotopic (exact) mass is 399 g/mol. The number of nitrogens with zero attached hydrogens (tertiary/aromatic N) is 4. The van der Waals surface area contributed by atoms with Gasteiger partial charge in [0.25, 0.3) is 0 Å². The molecule has 1 aromatic heterocycles. The van der Waals surface area contributed by atoms with Crippen LogP contribution in [0.3, 0.4) is 0 Å². The summed E-state index contributed by atoms with van der Waals surface area (Å²) in [6.07, 6.45) is 6.28. The molecule has 1 saturated heterocycles. The number of benzene rings is 1. The summed E-state index contributed by atoms with van der Waals surface area (Å²) in [5.41, 5.74) is 1.33. The zero-order valence-electron chi connectivity index (χ0n) is 16.3. The van der Waals surface area contributed by atoms with E-state index in [2.05, 4.69) is 44.3 Å². The first-order chi connectivity index (χ1) is 13.8. The molecule has 6 nitrogen and oxygen atoms in total. The summed E-state index contributed by atoms with van der Waals surface area (Å²) in [7, 11) is 0. The smallest absolute Gasteiger partial charge is 0.233 e. The molecule has 150 valence electrons. The molecule has 1 saturated carbocycles. The fourth-order valence-corrected chi connectivity index (χ4v) is 4.86. The molecular formula is C21H29N5OS. The number of carbonyl (C=O) groups excluding carboxylic acids is 1. The van der Waals surface area contributed by atoms with Gasteiger partial charge in [0.2, 0.25) is 11.1 Å². The normalized spacial score (nSPS) is 18.6. The summed E-state index contributed by atoms with van der Waals surface area (Å²) < 4.78 is 0. The molecule has 2 fully saturated rings. The van der Waals surface area contributed by atoms with Crippen LogP contribution in [0.4, 0.5) is 0 Å². The van der Waals surface area contributed by atoms with Crippen molar-refractivity contribution in [3.63, 3.8) is 0 Å². The molecule has 0 atom stereocenters. The number of hydrogen-bond donors (Lipinski definition) is 1. The average molecular weight is 400 g/mol. The maximum atomic E-state index is 12.5. The number of hydrogen-bond acceptors (Lipinski definition) is 5. The second-order valence-corrected chi connectivity index (χ2v) is 8.79. The number of rotatable bonds is 7. The van der Waals surface area contributed by atoms with Crippen LogP contribution >= 0.6 is 11.8 Å². The third kappa shape index (κ3) is 5.35. The second kappa shape index (κ2) is 9.56. The number of aromatic amines is 1. The van der Waals surface area contributed by atoms with Crippen LogP contribution in [-0.4, -0.2) is 62.8 Å². The van der Waals surface area contributed by atoms with Crippen molar-refractivity contribution in [1.29, 1.82) is 0 Å². The number of amides is 1. The maximum absolute atomic E-state index is 12.5. The molecule has 1 N–H and O–H groups in total. The third-order valence-corrected chi connectivity index (χ3v) is 6.60. The van der Waals surface area contributed by atoms with Gasteiger partial charge < -0.3 is 4.90 Å². The van der Waals surface area contributed by atoms with Gasteiger partial charge in [0.15, 0.2) is 0 Å². The van der Waals surface area contributed by atoms with E-state index in [9.17, 15) is 4.79 Å². The lowest BCUT2D eigenvalue weighted by Crippen LogP contribution is -2.48. The van der Waals surface area contributed by atoms with E-state index < -0.39 is 0 Å². The Morgan fingerprint density at radius 3 is 2.61 bits per heavy atom. The van der Waals surface area contributed by atoms with Crippen LogP contribution in [0.1, 0.15) is 37.1 Å². The molecule has 2 aliphatic rings. The lowest BCUT2D eigenvalue weighted by molar-refractivity contribution is -0.130. The minimum Gasteiger partial charge on any atom is -0.339 e. The predicted octanol–water partition coefficient (Wildman–Crippen LogP) is 2.97. The van der Waals surface area contributed by atoms with E-state index in [0.29, 0.717) is 10.9 Å². The van der Waals surface area contributed by atoms with Crippen molar-refractivity contribution in [2.75, 3.05) is 31.9 Å². The van der Waals surface area contributed by atoms with Crippen molar-refractivity contribution in [2.45, 2.75) is 43.8 Å². The third-order valence-electron chi connectivity index (χ3n) is 5.77. The van der Waals surface area contributed by atoms with Crippen molar-refractivity contribution in [3.8, 4) is 0 Å². The fourth-order valence-electron chi connectivity index (χ4n) is 4.14. The van der Waals surface area contributed by atoms with Crippen LogP contribution in [0, 0.1) is 5.92 Å². The Hall–Kier alpha value is -1.86. The van der Waals surface area contributed by atoms with Gasteiger partial charge in [-0.2, -0.15) is 0 Å². The van der Waals surface area contributed by atoms with Crippen LogP contribution in [-0.2, 0) is 17.8 Å². The first-order valence-corrected chi connectivity index (χ1v) is 11.3. The van der Waals surface area contributed by atoms with E-state index in [0.717, 1.165) is 50.9 Å². The van der Waals surface area contributed by atoms with Crippen LogP contribution in [0.15, 0.2) is 35.5 Å². The number of piperazine rings is 1. The summed E-state index contributed by atoms with van der Waals surface area (Å²) in [4.78, 5) is 21.5. The topological polar surface area (TPSA) is 65.1 Å². The number of nitrogens with one attached hydrogen (secondary N) is 1.